The molecule has 0 spiro atoms. The van der Waals surface area contributed by atoms with E-state index in [1.165, 1.54) is 0 Å². The zero-order valence-electron chi connectivity index (χ0n) is 11.2. The maximum atomic E-state index is 11.9. The summed E-state index contributed by atoms with van der Waals surface area (Å²) in [7, 11) is 0. The Kier molecular flexibility index (Phi) is 3.35. The summed E-state index contributed by atoms with van der Waals surface area (Å²) in [6.07, 6.45) is 4.39. The van der Waals surface area contributed by atoms with Crippen molar-refractivity contribution in [3.05, 3.63) is 12.2 Å². The van der Waals surface area contributed by atoms with Gasteiger partial charge >= 0.3 is 5.97 Å². The predicted octanol–water partition coefficient (Wildman–Crippen LogP) is 3.05. The first kappa shape index (κ1) is 13.3. The topological polar surface area (TPSA) is 54.4 Å². The number of fused-ring (bicyclic) bond motifs is 1. The van der Waals surface area contributed by atoms with Gasteiger partial charge < -0.3 is 5.11 Å². The summed E-state index contributed by atoms with van der Waals surface area (Å²) in [6.45, 7) is 7.97. The molecule has 0 unspecified atom stereocenters. The van der Waals surface area contributed by atoms with Crippen molar-refractivity contribution in [1.82, 2.24) is 0 Å². The second kappa shape index (κ2) is 4.52. The van der Waals surface area contributed by atoms with Crippen molar-refractivity contribution in [3.8, 4) is 0 Å². The molecule has 2 aliphatic carbocycles. The maximum absolute atomic E-state index is 11.9. The summed E-state index contributed by atoms with van der Waals surface area (Å²) in [5.41, 5.74) is 0.546. The molecule has 0 aromatic heterocycles. The molecule has 2 saturated carbocycles. The van der Waals surface area contributed by atoms with E-state index >= 15 is 0 Å². The molecule has 0 bridgehead atoms. The highest BCUT2D eigenvalue weighted by atomic mass is 16.4. The predicted molar refractivity (Wildman–Crippen MR) is 69.1 cm³/mol. The average molecular weight is 250 g/mol. The highest BCUT2D eigenvalue weighted by Crippen LogP contribution is 2.53. The molecule has 0 aromatic carbocycles. The Morgan fingerprint density at radius 3 is 2.72 bits per heavy atom. The molecule has 1 N–H and O–H groups in total. The molecule has 4 atom stereocenters. The smallest absolute Gasteiger partial charge is 0.331 e. The van der Waals surface area contributed by atoms with Crippen molar-refractivity contribution in [3.63, 3.8) is 0 Å². The minimum absolute atomic E-state index is 0.0499. The zero-order chi connectivity index (χ0) is 13.5. The lowest BCUT2D eigenvalue weighted by Gasteiger charge is -2.50. The molecule has 18 heavy (non-hydrogen) atoms. The largest absolute Gasteiger partial charge is 0.478 e. The number of carboxylic acids is 1. The Balaban J connectivity index is 2.17. The van der Waals surface area contributed by atoms with E-state index < -0.39 is 5.97 Å². The van der Waals surface area contributed by atoms with Crippen LogP contribution in [-0.2, 0) is 9.59 Å². The van der Waals surface area contributed by atoms with Gasteiger partial charge in [0.1, 0.15) is 5.78 Å². The summed E-state index contributed by atoms with van der Waals surface area (Å²) in [5, 5.41) is 9.05. The minimum atomic E-state index is -0.890. The van der Waals surface area contributed by atoms with Gasteiger partial charge in [0, 0.05) is 17.9 Å². The van der Waals surface area contributed by atoms with Gasteiger partial charge in [-0.15, -0.1) is 0 Å². The van der Waals surface area contributed by atoms with Gasteiger partial charge in [0.15, 0.2) is 0 Å². The van der Waals surface area contributed by atoms with Gasteiger partial charge in [-0.1, -0.05) is 20.4 Å². The fraction of sp³-hybridized carbons (Fsp3) is 0.733. The first-order chi connectivity index (χ1) is 8.35. The molecule has 0 aromatic rings. The lowest BCUT2D eigenvalue weighted by atomic mass is 9.54. The molecule has 0 amide bonds. The number of carbonyl (C=O) groups is 2. The molecule has 2 fully saturated rings. The number of rotatable bonds is 2. The van der Waals surface area contributed by atoms with E-state index in [2.05, 4.69) is 13.5 Å². The van der Waals surface area contributed by atoms with Crippen LogP contribution in [0.15, 0.2) is 12.2 Å². The molecule has 0 heterocycles. The second-order valence-corrected chi connectivity index (χ2v) is 6.32. The standard InChI is InChI=1S/C15H22O3/c1-9(14(17)18)11-4-6-15(3)7-5-13(16)10(2)12(15)8-11/h10-12H,1,4-8H2,2-3H3,(H,17,18)/t10-,11+,12-,15-/m0/s1. The fourth-order valence-electron chi connectivity index (χ4n) is 3.87. The van der Waals surface area contributed by atoms with Crippen molar-refractivity contribution in [2.75, 3.05) is 0 Å². The first-order valence-electron chi connectivity index (χ1n) is 6.80. The molecular formula is C15H22O3. The van der Waals surface area contributed by atoms with Crippen molar-refractivity contribution >= 4 is 11.8 Å². The maximum Gasteiger partial charge on any atom is 0.331 e. The molecule has 2 rings (SSSR count). The number of Topliss-reactive ketones (excluding diaryl/α,β-unsaturated/α-hetero) is 1. The summed E-state index contributed by atoms with van der Waals surface area (Å²) >= 11 is 0. The number of aliphatic carboxylic acids is 1. The summed E-state index contributed by atoms with van der Waals surface area (Å²) < 4.78 is 0. The third kappa shape index (κ3) is 2.11. The van der Waals surface area contributed by atoms with E-state index in [1.807, 2.05) is 6.92 Å². The van der Waals surface area contributed by atoms with E-state index in [1.54, 1.807) is 0 Å². The van der Waals surface area contributed by atoms with Crippen LogP contribution in [0.4, 0.5) is 0 Å². The number of hydrogen-bond acceptors (Lipinski definition) is 2. The van der Waals surface area contributed by atoms with Crippen LogP contribution in [0.1, 0.15) is 46.0 Å². The van der Waals surface area contributed by atoms with Crippen LogP contribution < -0.4 is 0 Å². The van der Waals surface area contributed by atoms with Crippen molar-refractivity contribution in [1.29, 1.82) is 0 Å². The quantitative estimate of drug-likeness (QED) is 0.766. The third-order valence-corrected chi connectivity index (χ3v) is 5.32. The monoisotopic (exact) mass is 250 g/mol. The second-order valence-electron chi connectivity index (χ2n) is 6.32. The van der Waals surface area contributed by atoms with Crippen LogP contribution in [0, 0.1) is 23.2 Å². The average Bonchev–Trinajstić information content (AvgIpc) is 2.33. The van der Waals surface area contributed by atoms with Crippen LogP contribution in [0.2, 0.25) is 0 Å². The number of carbonyl (C=O) groups excluding carboxylic acids is 1. The van der Waals surface area contributed by atoms with E-state index in [0.29, 0.717) is 23.7 Å². The summed E-state index contributed by atoms with van der Waals surface area (Å²) in [6, 6.07) is 0. The number of carboxylic acid groups (broad SMARTS) is 1. The van der Waals surface area contributed by atoms with Crippen molar-refractivity contribution < 1.29 is 14.7 Å². The van der Waals surface area contributed by atoms with E-state index in [9.17, 15) is 9.59 Å². The zero-order valence-corrected chi connectivity index (χ0v) is 11.2. The Morgan fingerprint density at radius 1 is 1.44 bits per heavy atom. The van der Waals surface area contributed by atoms with E-state index in [4.69, 9.17) is 5.11 Å². The van der Waals surface area contributed by atoms with Gasteiger partial charge in [0.05, 0.1) is 0 Å². The first-order valence-corrected chi connectivity index (χ1v) is 6.80. The number of ketones is 1. The third-order valence-electron chi connectivity index (χ3n) is 5.32. The van der Waals surface area contributed by atoms with Gasteiger partial charge in [-0.3, -0.25) is 4.79 Å². The van der Waals surface area contributed by atoms with Crippen LogP contribution in [0.3, 0.4) is 0 Å². The highest BCUT2D eigenvalue weighted by Gasteiger charge is 2.47. The van der Waals surface area contributed by atoms with Crippen LogP contribution in [0.25, 0.3) is 0 Å². The Morgan fingerprint density at radius 2 is 2.11 bits per heavy atom. The Hall–Kier alpha value is -1.12. The molecule has 0 radical (unpaired) electrons. The summed E-state index contributed by atoms with van der Waals surface area (Å²) in [5.74, 6) is -0.0897. The molecule has 3 heteroatoms. The van der Waals surface area contributed by atoms with Crippen molar-refractivity contribution in [2.24, 2.45) is 23.2 Å². The normalized spacial score (nSPS) is 40.1. The number of hydrogen-bond donors (Lipinski definition) is 1. The Bertz CT molecular complexity index is 399. The molecule has 0 saturated heterocycles. The van der Waals surface area contributed by atoms with Gasteiger partial charge in [-0.05, 0) is 42.9 Å². The van der Waals surface area contributed by atoms with Gasteiger partial charge in [-0.2, -0.15) is 0 Å². The van der Waals surface area contributed by atoms with Gasteiger partial charge in [-0.25, -0.2) is 4.79 Å². The van der Waals surface area contributed by atoms with Crippen LogP contribution in [-0.4, -0.2) is 16.9 Å². The fourth-order valence-corrected chi connectivity index (χ4v) is 3.87. The van der Waals surface area contributed by atoms with E-state index in [-0.39, 0.29) is 17.3 Å². The minimum Gasteiger partial charge on any atom is -0.478 e. The van der Waals surface area contributed by atoms with Gasteiger partial charge in [0.25, 0.3) is 0 Å². The van der Waals surface area contributed by atoms with E-state index in [0.717, 1.165) is 25.7 Å². The SMILES string of the molecule is C=C(C(=O)O)[C@@H]1CC[C@@]2(C)CCC(=O)[C@@H](C)[C@@H]2C1. The Labute approximate surface area is 108 Å². The lowest BCUT2D eigenvalue weighted by molar-refractivity contribution is -0.135. The van der Waals surface area contributed by atoms with Crippen LogP contribution in [0.5, 0.6) is 0 Å². The highest BCUT2D eigenvalue weighted by molar-refractivity contribution is 5.86. The van der Waals surface area contributed by atoms with Crippen molar-refractivity contribution in [2.45, 2.75) is 46.0 Å². The lowest BCUT2D eigenvalue weighted by Crippen LogP contribution is -2.45. The van der Waals surface area contributed by atoms with Gasteiger partial charge in [0.2, 0.25) is 0 Å². The molecule has 2 aliphatic rings. The molecule has 100 valence electrons. The summed E-state index contributed by atoms with van der Waals surface area (Å²) in [4.78, 5) is 22.9. The molecule has 3 nitrogen and oxygen atoms in total. The molecular weight excluding hydrogens is 228 g/mol. The molecule has 0 aliphatic heterocycles. The van der Waals surface area contributed by atoms with Crippen LogP contribution >= 0.6 is 0 Å².